The highest BCUT2D eigenvalue weighted by Gasteiger charge is 2.03. The summed E-state index contributed by atoms with van der Waals surface area (Å²) < 4.78 is 5.19. The van der Waals surface area contributed by atoms with E-state index in [-0.39, 0.29) is 11.9 Å². The molecule has 0 saturated heterocycles. The van der Waals surface area contributed by atoms with Crippen molar-refractivity contribution in [2.75, 3.05) is 19.8 Å². The van der Waals surface area contributed by atoms with Crippen molar-refractivity contribution in [1.29, 1.82) is 0 Å². The van der Waals surface area contributed by atoms with E-state index in [0.717, 1.165) is 19.4 Å². The summed E-state index contributed by atoms with van der Waals surface area (Å²) in [6.07, 6.45) is 2.30. The number of carbonyl (C=O) groups excluding carboxylic acids is 1. The summed E-state index contributed by atoms with van der Waals surface area (Å²) in [6.45, 7) is 5.83. The molecule has 0 rings (SSSR count). The van der Waals surface area contributed by atoms with Crippen molar-refractivity contribution < 1.29 is 9.53 Å². The molecule has 0 bridgehead atoms. The van der Waals surface area contributed by atoms with Crippen molar-refractivity contribution >= 4 is 5.91 Å². The van der Waals surface area contributed by atoms with E-state index in [1.807, 2.05) is 13.8 Å². The van der Waals surface area contributed by atoms with Crippen LogP contribution in [0, 0.1) is 0 Å². The van der Waals surface area contributed by atoms with Crippen LogP contribution in [0.1, 0.15) is 33.1 Å². The molecule has 1 unspecified atom stereocenters. The predicted octanol–water partition coefficient (Wildman–Crippen LogP) is 0.657. The Kier molecular flexibility index (Phi) is 8.57. The Labute approximate surface area is 86.2 Å². The van der Waals surface area contributed by atoms with Crippen LogP contribution in [0.2, 0.25) is 0 Å². The summed E-state index contributed by atoms with van der Waals surface area (Å²) in [5.74, 6) is 0.0185. The number of hydrogen-bond donors (Lipinski definition) is 2. The van der Waals surface area contributed by atoms with E-state index in [4.69, 9.17) is 10.5 Å². The molecule has 0 aliphatic carbocycles. The van der Waals surface area contributed by atoms with Gasteiger partial charge in [-0.1, -0.05) is 13.8 Å². The lowest BCUT2D eigenvalue weighted by atomic mass is 10.2. The van der Waals surface area contributed by atoms with Crippen LogP contribution < -0.4 is 11.1 Å². The molecule has 0 spiro atoms. The van der Waals surface area contributed by atoms with E-state index in [2.05, 4.69) is 5.32 Å². The molecule has 4 heteroatoms. The van der Waals surface area contributed by atoms with Gasteiger partial charge in [-0.3, -0.25) is 4.79 Å². The van der Waals surface area contributed by atoms with Gasteiger partial charge in [0.15, 0.2) is 0 Å². The number of ether oxygens (including phenoxy) is 1. The van der Waals surface area contributed by atoms with Gasteiger partial charge in [-0.2, -0.15) is 0 Å². The molecule has 0 aromatic heterocycles. The van der Waals surface area contributed by atoms with Gasteiger partial charge in [0.1, 0.15) is 0 Å². The fraction of sp³-hybridized carbons (Fsp3) is 0.900. The van der Waals surface area contributed by atoms with Crippen LogP contribution in [0.25, 0.3) is 0 Å². The number of nitrogens with one attached hydrogen (secondary N) is 1. The number of amides is 1. The Morgan fingerprint density at radius 1 is 1.43 bits per heavy atom. The first kappa shape index (κ1) is 13.4. The molecule has 14 heavy (non-hydrogen) atoms. The van der Waals surface area contributed by atoms with Gasteiger partial charge in [-0.15, -0.1) is 0 Å². The third-order valence-electron chi connectivity index (χ3n) is 1.91. The molecule has 3 N–H and O–H groups in total. The molecular weight excluding hydrogens is 180 g/mol. The molecule has 0 aromatic carbocycles. The van der Waals surface area contributed by atoms with E-state index in [9.17, 15) is 4.79 Å². The maximum absolute atomic E-state index is 11.2. The van der Waals surface area contributed by atoms with Crippen molar-refractivity contribution in [3.63, 3.8) is 0 Å². The minimum absolute atomic E-state index is 0.0185. The highest BCUT2D eigenvalue weighted by molar-refractivity contribution is 5.75. The number of hydrogen-bond acceptors (Lipinski definition) is 3. The molecule has 0 heterocycles. The Hall–Kier alpha value is -0.610. The summed E-state index contributed by atoms with van der Waals surface area (Å²) in [5.41, 5.74) is 5.65. The fourth-order valence-electron chi connectivity index (χ4n) is 0.889. The van der Waals surface area contributed by atoms with Crippen LogP contribution in [0.4, 0.5) is 0 Å². The molecule has 0 radical (unpaired) electrons. The molecule has 1 atom stereocenters. The van der Waals surface area contributed by atoms with Gasteiger partial charge in [0.05, 0.1) is 6.61 Å². The zero-order chi connectivity index (χ0) is 10.8. The van der Waals surface area contributed by atoms with Crippen LogP contribution in [0.5, 0.6) is 0 Å². The SMILES string of the molecule is CCCOCCC(=O)NCC(N)CC. The molecule has 1 amide bonds. The lowest BCUT2D eigenvalue weighted by Crippen LogP contribution is -2.37. The van der Waals surface area contributed by atoms with Crippen LogP contribution in [-0.2, 0) is 9.53 Å². The van der Waals surface area contributed by atoms with Crippen molar-refractivity contribution in [2.24, 2.45) is 5.73 Å². The molecule has 0 aliphatic rings. The van der Waals surface area contributed by atoms with Gasteiger partial charge in [-0.05, 0) is 12.8 Å². The highest BCUT2D eigenvalue weighted by Crippen LogP contribution is 1.87. The normalized spacial score (nSPS) is 12.5. The van der Waals surface area contributed by atoms with Crippen molar-refractivity contribution in [3.8, 4) is 0 Å². The second-order valence-electron chi connectivity index (χ2n) is 3.33. The van der Waals surface area contributed by atoms with Crippen LogP contribution in [0.3, 0.4) is 0 Å². The first-order valence-electron chi connectivity index (χ1n) is 5.30. The Balaban J connectivity index is 3.28. The highest BCUT2D eigenvalue weighted by atomic mass is 16.5. The maximum atomic E-state index is 11.2. The smallest absolute Gasteiger partial charge is 0.222 e. The van der Waals surface area contributed by atoms with Crippen LogP contribution >= 0.6 is 0 Å². The summed E-state index contributed by atoms with van der Waals surface area (Å²) in [6, 6.07) is 0.0653. The zero-order valence-corrected chi connectivity index (χ0v) is 9.21. The van der Waals surface area contributed by atoms with Crippen molar-refractivity contribution in [1.82, 2.24) is 5.32 Å². The van der Waals surface area contributed by atoms with Gasteiger partial charge < -0.3 is 15.8 Å². The third kappa shape index (κ3) is 8.01. The van der Waals surface area contributed by atoms with Gasteiger partial charge in [-0.25, -0.2) is 0 Å². The lowest BCUT2D eigenvalue weighted by molar-refractivity contribution is -0.122. The topological polar surface area (TPSA) is 64.3 Å². The maximum Gasteiger partial charge on any atom is 0.222 e. The second kappa shape index (κ2) is 8.97. The standard InChI is InChI=1S/C10H22N2O2/c1-3-6-14-7-5-10(13)12-8-9(11)4-2/h9H,3-8,11H2,1-2H3,(H,12,13). The number of rotatable bonds is 8. The molecule has 0 aromatic rings. The largest absolute Gasteiger partial charge is 0.381 e. The average Bonchev–Trinajstić information content (AvgIpc) is 2.21. The van der Waals surface area contributed by atoms with E-state index < -0.39 is 0 Å². The molecule has 4 nitrogen and oxygen atoms in total. The van der Waals surface area contributed by atoms with E-state index >= 15 is 0 Å². The van der Waals surface area contributed by atoms with Gasteiger partial charge in [0, 0.05) is 25.6 Å². The summed E-state index contributed by atoms with van der Waals surface area (Å²) >= 11 is 0. The van der Waals surface area contributed by atoms with E-state index in [1.165, 1.54) is 0 Å². The Morgan fingerprint density at radius 2 is 2.14 bits per heavy atom. The van der Waals surface area contributed by atoms with Crippen molar-refractivity contribution in [3.05, 3.63) is 0 Å². The van der Waals surface area contributed by atoms with E-state index in [0.29, 0.717) is 19.6 Å². The van der Waals surface area contributed by atoms with Crippen molar-refractivity contribution in [2.45, 2.75) is 39.2 Å². The third-order valence-corrected chi connectivity index (χ3v) is 1.91. The zero-order valence-electron chi connectivity index (χ0n) is 9.21. The number of carbonyl (C=O) groups is 1. The van der Waals surface area contributed by atoms with Gasteiger partial charge >= 0.3 is 0 Å². The van der Waals surface area contributed by atoms with Crippen LogP contribution in [-0.4, -0.2) is 31.7 Å². The monoisotopic (exact) mass is 202 g/mol. The number of nitrogens with two attached hydrogens (primary N) is 1. The minimum Gasteiger partial charge on any atom is -0.381 e. The molecule has 0 aliphatic heterocycles. The molecular formula is C10H22N2O2. The summed E-state index contributed by atoms with van der Waals surface area (Å²) in [5, 5.41) is 2.77. The molecule has 0 saturated carbocycles. The van der Waals surface area contributed by atoms with Gasteiger partial charge in [0.25, 0.3) is 0 Å². The van der Waals surface area contributed by atoms with Gasteiger partial charge in [0.2, 0.25) is 5.91 Å². The summed E-state index contributed by atoms with van der Waals surface area (Å²) in [4.78, 5) is 11.2. The Bertz CT molecular complexity index is 151. The summed E-state index contributed by atoms with van der Waals surface area (Å²) in [7, 11) is 0. The lowest BCUT2D eigenvalue weighted by Gasteiger charge is -2.10. The predicted molar refractivity (Wildman–Crippen MR) is 57.0 cm³/mol. The molecule has 84 valence electrons. The average molecular weight is 202 g/mol. The Morgan fingerprint density at radius 3 is 2.71 bits per heavy atom. The van der Waals surface area contributed by atoms with E-state index in [1.54, 1.807) is 0 Å². The fourth-order valence-corrected chi connectivity index (χ4v) is 0.889. The first-order valence-corrected chi connectivity index (χ1v) is 5.30. The molecule has 0 fully saturated rings. The van der Waals surface area contributed by atoms with Crippen LogP contribution in [0.15, 0.2) is 0 Å². The first-order chi connectivity index (χ1) is 6.70. The quantitative estimate of drug-likeness (QED) is 0.568. The minimum atomic E-state index is 0.0185. The second-order valence-corrected chi connectivity index (χ2v) is 3.33.